The molecule has 9 heavy (non-hydrogen) atoms. The van der Waals surface area contributed by atoms with E-state index in [9.17, 15) is 0 Å². The van der Waals surface area contributed by atoms with Crippen LogP contribution in [0.3, 0.4) is 0 Å². The summed E-state index contributed by atoms with van der Waals surface area (Å²) in [5, 5.41) is 0. The van der Waals surface area contributed by atoms with E-state index in [1.165, 1.54) is 12.0 Å². The average Bonchev–Trinajstić information content (AvgIpc) is 2.13. The molecule has 0 radical (unpaired) electrons. The first kappa shape index (κ1) is 7.87. The average molecular weight is 266 g/mol. The molecule has 0 heterocycles. The van der Waals surface area contributed by atoms with Gasteiger partial charge in [0, 0.05) is 0 Å². The van der Waals surface area contributed by atoms with Crippen LogP contribution in [-0.4, -0.2) is 0 Å². The topological polar surface area (TPSA) is 0 Å². The van der Waals surface area contributed by atoms with Crippen LogP contribution in [0.25, 0.3) is 0 Å². The van der Waals surface area contributed by atoms with Gasteiger partial charge in [0.25, 0.3) is 0 Å². The van der Waals surface area contributed by atoms with Crippen LogP contribution < -0.4 is 0 Å². The van der Waals surface area contributed by atoms with Crippen molar-refractivity contribution >= 4 is 0 Å². The molecule has 0 saturated heterocycles. The molecule has 0 aliphatic heterocycles. The van der Waals surface area contributed by atoms with Crippen molar-refractivity contribution in [1.29, 1.82) is 0 Å². The minimum atomic E-state index is 0.712. The molecule has 1 heteroatoms. The molecule has 0 atom stereocenters. The van der Waals surface area contributed by atoms with Gasteiger partial charge in [-0.2, -0.15) is 0 Å². The molecule has 0 spiro atoms. The van der Waals surface area contributed by atoms with E-state index in [1.807, 2.05) is 0 Å². The molecule has 1 aliphatic rings. The van der Waals surface area contributed by atoms with Crippen LogP contribution in [0, 0.1) is 42.5 Å². The minimum absolute atomic E-state index is 0.712. The van der Waals surface area contributed by atoms with E-state index in [2.05, 4.69) is 62.6 Å². The number of rotatable bonds is 1. The normalized spacial score (nSPS) is 18.3. The summed E-state index contributed by atoms with van der Waals surface area (Å²) >= 11 is 2.22. The zero-order valence-electron chi connectivity index (χ0n) is 5.77. The van der Waals surface area contributed by atoms with Gasteiger partial charge in [0.1, 0.15) is 0 Å². The summed E-state index contributed by atoms with van der Waals surface area (Å²) in [4.78, 5) is 0. The van der Waals surface area contributed by atoms with Gasteiger partial charge < -0.3 is 0 Å². The Bertz CT molecular complexity index is 163. The van der Waals surface area contributed by atoms with Crippen molar-refractivity contribution in [3.05, 3.63) is 19.3 Å². The Morgan fingerprint density at radius 2 is 2.22 bits per heavy atom. The van der Waals surface area contributed by atoms with Gasteiger partial charge in [-0.15, -0.1) is 0 Å². The van der Waals surface area contributed by atoms with Gasteiger partial charge in [-0.05, 0) is 0 Å². The fourth-order valence-corrected chi connectivity index (χ4v) is 2.03. The third-order valence-electron chi connectivity index (χ3n) is 1.51. The van der Waals surface area contributed by atoms with Gasteiger partial charge in [0.2, 0.25) is 0 Å². The number of allylic oxidation sites excluding steroid dienone is 4. The van der Waals surface area contributed by atoms with Gasteiger partial charge >= 0.3 is 82.1 Å². The quantitative estimate of drug-likeness (QED) is 0.683. The first-order valence-corrected chi connectivity index (χ1v) is 4.31. The third kappa shape index (κ3) is 1.84. The molecule has 52 valence electrons. The van der Waals surface area contributed by atoms with Crippen molar-refractivity contribution < 1.29 is 36.6 Å². The van der Waals surface area contributed by atoms with Crippen molar-refractivity contribution in [2.45, 2.75) is 20.3 Å². The molecule has 0 fully saturated rings. The fourth-order valence-electron chi connectivity index (χ4n) is 0.981. The Kier molecular flexibility index (Phi) is 2.84. The van der Waals surface area contributed by atoms with Gasteiger partial charge in [-0.3, -0.25) is 0 Å². The van der Waals surface area contributed by atoms with E-state index in [1.54, 1.807) is 1.54 Å². The van der Waals surface area contributed by atoms with Crippen molar-refractivity contribution in [3.8, 4) is 0 Å². The van der Waals surface area contributed by atoms with Crippen LogP contribution in [0.1, 0.15) is 20.3 Å². The van der Waals surface area contributed by atoms with E-state index >= 15 is 0 Å². The second-order valence-corrected chi connectivity index (χ2v) is 3.89. The molecular weight excluding hydrogens is 255 g/mol. The third-order valence-corrected chi connectivity index (χ3v) is 2.56. The predicted octanol–water partition coefficient (Wildman–Crippen LogP) is 2.41. The molecular formula is C8H11Tb. The van der Waals surface area contributed by atoms with E-state index in [4.69, 9.17) is 0 Å². The molecule has 1 aliphatic carbocycles. The summed E-state index contributed by atoms with van der Waals surface area (Å²) in [6.45, 7) is 4.49. The molecule has 0 N–H and O–H groups in total. The van der Waals surface area contributed by atoms with E-state index in [0.717, 1.165) is 0 Å². The summed E-state index contributed by atoms with van der Waals surface area (Å²) in [7, 11) is 0. The fraction of sp³-hybridized carbons (Fsp3) is 0.500. The molecule has 0 unspecified atom stereocenters. The zero-order chi connectivity index (χ0) is 6.85. The molecule has 0 aromatic carbocycles. The molecule has 1 rings (SSSR count). The maximum absolute atomic E-state index is 2.25. The Morgan fingerprint density at radius 1 is 1.56 bits per heavy atom. The van der Waals surface area contributed by atoms with Crippen molar-refractivity contribution in [3.63, 3.8) is 0 Å². The molecule has 0 aromatic heterocycles. The summed E-state index contributed by atoms with van der Waals surface area (Å²) in [6.07, 6.45) is 5.66. The van der Waals surface area contributed by atoms with Crippen LogP contribution in [0.5, 0.6) is 0 Å². The van der Waals surface area contributed by atoms with Crippen molar-refractivity contribution in [2.24, 2.45) is 5.92 Å². The van der Waals surface area contributed by atoms with Crippen molar-refractivity contribution in [2.75, 3.05) is 0 Å². The summed E-state index contributed by atoms with van der Waals surface area (Å²) < 4.78 is 1.55. The van der Waals surface area contributed by atoms with Crippen LogP contribution in [0.15, 0.2) is 19.3 Å². The monoisotopic (exact) mass is 266 g/mol. The summed E-state index contributed by atoms with van der Waals surface area (Å²) in [5.74, 6) is 0.712. The Hall–Kier alpha value is 0.766. The van der Waals surface area contributed by atoms with E-state index < -0.39 is 0 Å². The predicted molar refractivity (Wildman–Crippen MR) is 35.6 cm³/mol. The zero-order valence-corrected chi connectivity index (χ0v) is 7.91. The Labute approximate surface area is 81.3 Å². The first-order chi connectivity index (χ1) is 4.22. The van der Waals surface area contributed by atoms with E-state index in [-0.39, 0.29) is 0 Å². The van der Waals surface area contributed by atoms with Crippen molar-refractivity contribution in [1.82, 2.24) is 0 Å². The molecule has 0 bridgehead atoms. The molecule has 0 aromatic rings. The summed E-state index contributed by atoms with van der Waals surface area (Å²) in [6, 6.07) is 0. The second kappa shape index (κ2) is 3.24. The molecule has 0 amide bonds. The SMILES string of the molecule is CC(C)C1=[C]([Tb])CC=C1. The van der Waals surface area contributed by atoms with Crippen LogP contribution in [-0.2, 0) is 0 Å². The number of hydrogen-bond acceptors (Lipinski definition) is 0. The first-order valence-electron chi connectivity index (χ1n) is 3.24. The van der Waals surface area contributed by atoms with Gasteiger partial charge in [-0.25, -0.2) is 0 Å². The van der Waals surface area contributed by atoms with Gasteiger partial charge in [-0.1, -0.05) is 0 Å². The van der Waals surface area contributed by atoms with Gasteiger partial charge in [0.15, 0.2) is 0 Å². The Balaban J connectivity index is 2.77. The Morgan fingerprint density at radius 3 is 2.44 bits per heavy atom. The standard InChI is InChI=1S/C8H11.Tb/c1-7(2)8-5-3-4-6-8;/h3,5,7H,4H2,1-2H3;. The van der Waals surface area contributed by atoms with Crippen LogP contribution in [0.4, 0.5) is 0 Å². The summed E-state index contributed by atoms with van der Waals surface area (Å²) in [5.41, 5.74) is 1.54. The molecule has 0 saturated carbocycles. The van der Waals surface area contributed by atoms with Crippen LogP contribution in [0.2, 0.25) is 0 Å². The molecule has 0 nitrogen and oxygen atoms in total. The van der Waals surface area contributed by atoms with Gasteiger partial charge in [0.05, 0.1) is 0 Å². The second-order valence-electron chi connectivity index (χ2n) is 2.59. The van der Waals surface area contributed by atoms with Crippen LogP contribution >= 0.6 is 0 Å². The van der Waals surface area contributed by atoms with E-state index in [0.29, 0.717) is 5.92 Å². The number of hydrogen-bond donors (Lipinski definition) is 0. The maximum atomic E-state index is 2.25.